The first kappa shape index (κ1) is 11.6. The Bertz CT molecular complexity index is 262. The highest BCUT2D eigenvalue weighted by Gasteiger charge is 2.07. The van der Waals surface area contributed by atoms with Gasteiger partial charge in [-0.05, 0) is 19.8 Å². The van der Waals surface area contributed by atoms with Crippen molar-refractivity contribution in [2.75, 3.05) is 0 Å². The Labute approximate surface area is 77.0 Å². The molecule has 0 aliphatic carbocycles. The molecule has 0 aromatic heterocycles. The summed E-state index contributed by atoms with van der Waals surface area (Å²) in [6.45, 7) is 3.42. The Morgan fingerprint density at radius 1 is 1.54 bits per heavy atom. The van der Waals surface area contributed by atoms with Crippen LogP contribution in [0.25, 0.3) is 0 Å². The second kappa shape index (κ2) is 6.14. The van der Waals surface area contributed by atoms with Crippen LogP contribution in [0.1, 0.15) is 33.1 Å². The number of aliphatic imine (C=N–C) groups is 1. The fourth-order valence-corrected chi connectivity index (χ4v) is 0.850. The van der Waals surface area contributed by atoms with Crippen LogP contribution in [-0.4, -0.2) is 17.2 Å². The van der Waals surface area contributed by atoms with Crippen LogP contribution >= 0.6 is 0 Å². The first-order chi connectivity index (χ1) is 6.13. The Kier molecular flexibility index (Phi) is 5.48. The number of aliphatic carboxylic acids is 1. The van der Waals surface area contributed by atoms with Gasteiger partial charge in [0, 0.05) is 0 Å². The van der Waals surface area contributed by atoms with Gasteiger partial charge in [-0.25, -0.2) is 9.59 Å². The molecule has 0 aliphatic heterocycles. The summed E-state index contributed by atoms with van der Waals surface area (Å²) in [5, 5.41) is 8.63. The summed E-state index contributed by atoms with van der Waals surface area (Å²) in [7, 11) is 0. The zero-order valence-corrected chi connectivity index (χ0v) is 7.83. The Balaban J connectivity index is 4.66. The number of carbonyl (C=O) groups excluding carboxylic acids is 1. The fraction of sp³-hybridized carbons (Fsp3) is 0.556. The molecule has 0 radical (unpaired) electrons. The van der Waals surface area contributed by atoms with E-state index in [4.69, 9.17) is 5.11 Å². The van der Waals surface area contributed by atoms with Crippen LogP contribution in [0.3, 0.4) is 0 Å². The fourth-order valence-electron chi connectivity index (χ4n) is 0.850. The second-order valence-electron chi connectivity index (χ2n) is 2.68. The maximum atomic E-state index is 10.5. The first-order valence-corrected chi connectivity index (χ1v) is 4.14. The zero-order valence-electron chi connectivity index (χ0n) is 7.83. The van der Waals surface area contributed by atoms with Crippen LogP contribution in [0.5, 0.6) is 0 Å². The molecule has 72 valence electrons. The van der Waals surface area contributed by atoms with Crippen molar-refractivity contribution in [1.29, 1.82) is 0 Å². The van der Waals surface area contributed by atoms with E-state index < -0.39 is 5.97 Å². The molecule has 0 unspecified atom stereocenters. The minimum absolute atomic E-state index is 0.122. The number of isocyanates is 1. The van der Waals surface area contributed by atoms with Crippen molar-refractivity contribution in [1.82, 2.24) is 0 Å². The SMILES string of the molecule is CCCC/C(N=C=O)=C(/C)C(=O)O. The van der Waals surface area contributed by atoms with Crippen molar-refractivity contribution in [3.8, 4) is 0 Å². The number of nitrogens with zero attached hydrogens (tertiary/aromatic N) is 1. The van der Waals surface area contributed by atoms with E-state index in [9.17, 15) is 9.59 Å². The third-order valence-corrected chi connectivity index (χ3v) is 1.70. The lowest BCUT2D eigenvalue weighted by molar-refractivity contribution is -0.132. The largest absolute Gasteiger partial charge is 0.478 e. The summed E-state index contributed by atoms with van der Waals surface area (Å²) in [6, 6.07) is 0. The molecule has 0 aliphatic rings. The summed E-state index contributed by atoms with van der Waals surface area (Å²) in [6.07, 6.45) is 3.64. The summed E-state index contributed by atoms with van der Waals surface area (Å²) >= 11 is 0. The third kappa shape index (κ3) is 4.23. The Hall–Kier alpha value is -1.41. The van der Waals surface area contributed by atoms with Crippen molar-refractivity contribution in [2.45, 2.75) is 33.1 Å². The van der Waals surface area contributed by atoms with Gasteiger partial charge in [0.1, 0.15) is 0 Å². The van der Waals surface area contributed by atoms with E-state index >= 15 is 0 Å². The molecule has 0 aromatic carbocycles. The molecule has 0 saturated heterocycles. The van der Waals surface area contributed by atoms with E-state index in [2.05, 4.69) is 4.99 Å². The molecule has 0 amide bonds. The quantitative estimate of drug-likeness (QED) is 0.402. The lowest BCUT2D eigenvalue weighted by Crippen LogP contribution is -2.00. The normalized spacial score (nSPS) is 11.5. The van der Waals surface area contributed by atoms with Gasteiger partial charge in [-0.15, -0.1) is 0 Å². The molecule has 13 heavy (non-hydrogen) atoms. The molecule has 1 N–H and O–H groups in total. The highest BCUT2D eigenvalue weighted by molar-refractivity contribution is 5.86. The van der Waals surface area contributed by atoms with Crippen LogP contribution in [0.15, 0.2) is 16.3 Å². The third-order valence-electron chi connectivity index (χ3n) is 1.70. The Morgan fingerprint density at radius 3 is 2.54 bits per heavy atom. The van der Waals surface area contributed by atoms with E-state index in [1.807, 2.05) is 6.92 Å². The number of hydrogen-bond donors (Lipinski definition) is 1. The van der Waals surface area contributed by atoms with Crippen molar-refractivity contribution >= 4 is 12.0 Å². The van der Waals surface area contributed by atoms with Crippen molar-refractivity contribution in [3.63, 3.8) is 0 Å². The van der Waals surface area contributed by atoms with Gasteiger partial charge in [0.05, 0.1) is 11.3 Å². The van der Waals surface area contributed by atoms with Crippen LogP contribution < -0.4 is 0 Å². The smallest absolute Gasteiger partial charge is 0.333 e. The zero-order chi connectivity index (χ0) is 10.3. The number of carboxylic acids is 1. The molecule has 0 spiro atoms. The number of allylic oxidation sites excluding steroid dienone is 1. The van der Waals surface area contributed by atoms with Crippen LogP contribution in [-0.2, 0) is 9.59 Å². The van der Waals surface area contributed by atoms with E-state index in [1.165, 1.54) is 13.0 Å². The van der Waals surface area contributed by atoms with Crippen molar-refractivity contribution < 1.29 is 14.7 Å². The topological polar surface area (TPSA) is 66.7 Å². The van der Waals surface area contributed by atoms with Gasteiger partial charge in [0.25, 0.3) is 0 Å². The van der Waals surface area contributed by atoms with E-state index in [0.717, 1.165) is 12.8 Å². The number of unbranched alkanes of at least 4 members (excludes halogenated alkanes) is 1. The lowest BCUT2D eigenvalue weighted by Gasteiger charge is -2.00. The van der Waals surface area contributed by atoms with E-state index in [1.54, 1.807) is 0 Å². The van der Waals surface area contributed by atoms with Gasteiger partial charge < -0.3 is 5.11 Å². The van der Waals surface area contributed by atoms with Crippen LogP contribution in [0.2, 0.25) is 0 Å². The van der Waals surface area contributed by atoms with Crippen LogP contribution in [0.4, 0.5) is 0 Å². The van der Waals surface area contributed by atoms with E-state index in [0.29, 0.717) is 12.1 Å². The Morgan fingerprint density at radius 2 is 2.15 bits per heavy atom. The average Bonchev–Trinajstić information content (AvgIpc) is 2.11. The summed E-state index contributed by atoms with van der Waals surface area (Å²) < 4.78 is 0. The standard InChI is InChI=1S/C9H13NO3/c1-3-4-5-8(10-6-11)7(2)9(12)13/h3-5H2,1-2H3,(H,12,13)/b8-7+. The number of hydrogen-bond acceptors (Lipinski definition) is 3. The molecule has 0 heterocycles. The number of rotatable bonds is 5. The van der Waals surface area contributed by atoms with Crippen molar-refractivity contribution in [3.05, 3.63) is 11.3 Å². The predicted octanol–water partition coefficient (Wildman–Crippen LogP) is 1.87. The molecular formula is C9H13NO3. The molecule has 0 saturated carbocycles. The van der Waals surface area contributed by atoms with Gasteiger partial charge in [0.15, 0.2) is 0 Å². The molecule has 4 heteroatoms. The van der Waals surface area contributed by atoms with Crippen LogP contribution in [0, 0.1) is 0 Å². The average molecular weight is 183 g/mol. The summed E-state index contributed by atoms with van der Waals surface area (Å²) in [5.74, 6) is -1.04. The minimum atomic E-state index is -1.04. The maximum absolute atomic E-state index is 10.5. The lowest BCUT2D eigenvalue weighted by atomic mass is 10.1. The molecule has 0 fully saturated rings. The van der Waals surface area contributed by atoms with E-state index in [-0.39, 0.29) is 5.57 Å². The van der Waals surface area contributed by atoms with Gasteiger partial charge in [-0.2, -0.15) is 4.99 Å². The maximum Gasteiger partial charge on any atom is 0.333 e. The highest BCUT2D eigenvalue weighted by Crippen LogP contribution is 2.13. The monoisotopic (exact) mass is 183 g/mol. The van der Waals surface area contributed by atoms with Gasteiger partial charge in [-0.3, -0.25) is 0 Å². The minimum Gasteiger partial charge on any atom is -0.478 e. The van der Waals surface area contributed by atoms with Crippen molar-refractivity contribution in [2.24, 2.45) is 4.99 Å². The highest BCUT2D eigenvalue weighted by atomic mass is 16.4. The second-order valence-corrected chi connectivity index (χ2v) is 2.68. The number of carboxylic acid groups (broad SMARTS) is 1. The number of carbonyl (C=O) groups is 1. The molecule has 0 rings (SSSR count). The summed E-state index contributed by atoms with van der Waals surface area (Å²) in [4.78, 5) is 23.9. The summed E-state index contributed by atoms with van der Waals surface area (Å²) in [5.41, 5.74) is 0.446. The molecule has 0 bridgehead atoms. The first-order valence-electron chi connectivity index (χ1n) is 4.14. The molecular weight excluding hydrogens is 170 g/mol. The molecule has 0 aromatic rings. The van der Waals surface area contributed by atoms with Gasteiger partial charge in [-0.1, -0.05) is 13.3 Å². The predicted molar refractivity (Wildman–Crippen MR) is 48.0 cm³/mol. The van der Waals surface area contributed by atoms with Gasteiger partial charge >= 0.3 is 5.97 Å². The molecule has 4 nitrogen and oxygen atoms in total. The molecule has 0 atom stereocenters. The van der Waals surface area contributed by atoms with Gasteiger partial charge in [0.2, 0.25) is 6.08 Å².